The van der Waals surface area contributed by atoms with E-state index in [1.54, 1.807) is 17.7 Å². The number of hydrogen-bond acceptors (Lipinski definition) is 3. The molecule has 0 aliphatic carbocycles. The van der Waals surface area contributed by atoms with Crippen LogP contribution in [0.3, 0.4) is 0 Å². The molecule has 0 aromatic carbocycles. The minimum atomic E-state index is 0.483. The van der Waals surface area contributed by atoms with E-state index in [1.807, 2.05) is 12.3 Å². The molecular formula is C8H8BrN3O. The van der Waals surface area contributed by atoms with Crippen molar-refractivity contribution in [2.75, 3.05) is 12.8 Å². The van der Waals surface area contributed by atoms with E-state index in [1.165, 1.54) is 0 Å². The van der Waals surface area contributed by atoms with Gasteiger partial charge in [-0.05, 0) is 22.0 Å². The van der Waals surface area contributed by atoms with Gasteiger partial charge in [-0.15, -0.1) is 0 Å². The van der Waals surface area contributed by atoms with Gasteiger partial charge in [-0.1, -0.05) is 0 Å². The number of methoxy groups -OCH3 is 1. The molecule has 2 rings (SSSR count). The minimum Gasteiger partial charge on any atom is -0.494 e. The van der Waals surface area contributed by atoms with Gasteiger partial charge >= 0.3 is 0 Å². The average molecular weight is 242 g/mol. The molecule has 13 heavy (non-hydrogen) atoms. The number of nitrogen functional groups attached to an aromatic ring is 1. The fourth-order valence-electron chi connectivity index (χ4n) is 1.21. The monoisotopic (exact) mass is 241 g/mol. The molecule has 0 radical (unpaired) electrons. The summed E-state index contributed by atoms with van der Waals surface area (Å²) in [4.78, 5) is 0. The molecule has 0 atom stereocenters. The second-order valence-corrected chi connectivity index (χ2v) is 3.54. The lowest BCUT2D eigenvalue weighted by Gasteiger charge is -2.02. The number of halogens is 1. The Bertz CT molecular complexity index is 452. The first-order valence-electron chi connectivity index (χ1n) is 3.69. The third kappa shape index (κ3) is 1.35. The lowest BCUT2D eigenvalue weighted by molar-refractivity contribution is 0.417. The van der Waals surface area contributed by atoms with Crippen LogP contribution >= 0.6 is 15.9 Å². The van der Waals surface area contributed by atoms with Crippen LogP contribution in [0.15, 0.2) is 22.8 Å². The molecule has 0 unspecified atom stereocenters. The predicted molar refractivity (Wildman–Crippen MR) is 53.9 cm³/mol. The van der Waals surface area contributed by atoms with E-state index in [4.69, 9.17) is 10.5 Å². The molecule has 2 aromatic heterocycles. The fourth-order valence-corrected chi connectivity index (χ4v) is 1.61. The summed E-state index contributed by atoms with van der Waals surface area (Å²) in [6.07, 6.45) is 1.83. The minimum absolute atomic E-state index is 0.483. The predicted octanol–water partition coefficient (Wildman–Crippen LogP) is 1.69. The summed E-state index contributed by atoms with van der Waals surface area (Å²) in [6.45, 7) is 0. The maximum atomic E-state index is 5.56. The summed E-state index contributed by atoms with van der Waals surface area (Å²) in [6, 6.07) is 3.64. The van der Waals surface area contributed by atoms with Gasteiger partial charge in [0.1, 0.15) is 17.1 Å². The number of rotatable bonds is 1. The first-order valence-corrected chi connectivity index (χ1v) is 4.48. The van der Waals surface area contributed by atoms with Crippen molar-refractivity contribution in [3.63, 3.8) is 0 Å². The zero-order chi connectivity index (χ0) is 9.42. The van der Waals surface area contributed by atoms with Gasteiger partial charge in [0.25, 0.3) is 0 Å². The van der Waals surface area contributed by atoms with Gasteiger partial charge in [-0.3, -0.25) is 0 Å². The zero-order valence-corrected chi connectivity index (χ0v) is 8.58. The van der Waals surface area contributed by atoms with Crippen molar-refractivity contribution in [2.24, 2.45) is 0 Å². The molecule has 0 saturated heterocycles. The highest BCUT2D eigenvalue weighted by molar-refractivity contribution is 9.10. The summed E-state index contributed by atoms with van der Waals surface area (Å²) in [5, 5.41) is 4.07. The summed E-state index contributed by atoms with van der Waals surface area (Å²) >= 11 is 3.35. The molecule has 0 fully saturated rings. The van der Waals surface area contributed by atoms with Crippen molar-refractivity contribution in [1.29, 1.82) is 0 Å². The SMILES string of the molecule is COc1cc(Br)cn2nc(N)cc12. The Morgan fingerprint density at radius 1 is 1.54 bits per heavy atom. The number of pyridine rings is 1. The van der Waals surface area contributed by atoms with Crippen LogP contribution in [-0.4, -0.2) is 16.7 Å². The molecule has 0 saturated carbocycles. The number of nitrogens with zero attached hydrogens (tertiary/aromatic N) is 2. The lowest BCUT2D eigenvalue weighted by Crippen LogP contribution is -1.91. The molecule has 0 aliphatic heterocycles. The maximum Gasteiger partial charge on any atom is 0.146 e. The van der Waals surface area contributed by atoms with Gasteiger partial charge in [-0.2, -0.15) is 5.10 Å². The number of nitrogens with two attached hydrogens (primary N) is 1. The van der Waals surface area contributed by atoms with Crippen LogP contribution in [0.1, 0.15) is 0 Å². The first-order chi connectivity index (χ1) is 6.20. The van der Waals surface area contributed by atoms with Gasteiger partial charge in [0, 0.05) is 16.7 Å². The van der Waals surface area contributed by atoms with Crippen LogP contribution in [-0.2, 0) is 0 Å². The Morgan fingerprint density at radius 2 is 2.31 bits per heavy atom. The van der Waals surface area contributed by atoms with Crippen LogP contribution in [0.4, 0.5) is 5.82 Å². The average Bonchev–Trinajstić information content (AvgIpc) is 2.43. The van der Waals surface area contributed by atoms with Crippen LogP contribution in [0.5, 0.6) is 5.75 Å². The highest BCUT2D eigenvalue weighted by Crippen LogP contribution is 2.25. The molecule has 0 aliphatic rings. The van der Waals surface area contributed by atoms with Crippen LogP contribution in [0.25, 0.3) is 5.52 Å². The molecule has 2 N–H and O–H groups in total. The molecule has 2 aromatic rings. The van der Waals surface area contributed by atoms with E-state index in [0.717, 1.165) is 15.7 Å². The second-order valence-electron chi connectivity index (χ2n) is 2.63. The summed E-state index contributed by atoms with van der Waals surface area (Å²) in [5.74, 6) is 1.23. The van der Waals surface area contributed by atoms with E-state index >= 15 is 0 Å². The topological polar surface area (TPSA) is 52.5 Å². The van der Waals surface area contributed by atoms with Crippen molar-refractivity contribution < 1.29 is 4.74 Å². The first kappa shape index (κ1) is 8.37. The molecular weight excluding hydrogens is 234 g/mol. The molecule has 0 spiro atoms. The van der Waals surface area contributed by atoms with E-state index in [0.29, 0.717) is 5.82 Å². The smallest absolute Gasteiger partial charge is 0.146 e. The highest BCUT2D eigenvalue weighted by atomic mass is 79.9. The van der Waals surface area contributed by atoms with Crippen molar-refractivity contribution in [1.82, 2.24) is 9.61 Å². The van der Waals surface area contributed by atoms with Crippen molar-refractivity contribution in [3.05, 3.63) is 22.8 Å². The summed E-state index contributed by atoms with van der Waals surface area (Å²) in [7, 11) is 1.62. The number of anilines is 1. The molecule has 68 valence electrons. The summed E-state index contributed by atoms with van der Waals surface area (Å²) in [5.41, 5.74) is 6.43. The maximum absolute atomic E-state index is 5.56. The number of fused-ring (bicyclic) bond motifs is 1. The number of ether oxygens (including phenoxy) is 1. The summed E-state index contributed by atoms with van der Waals surface area (Å²) < 4.78 is 7.76. The Kier molecular flexibility index (Phi) is 1.88. The van der Waals surface area contributed by atoms with E-state index in [9.17, 15) is 0 Å². The molecule has 4 nitrogen and oxygen atoms in total. The largest absolute Gasteiger partial charge is 0.494 e. The fraction of sp³-hybridized carbons (Fsp3) is 0.125. The van der Waals surface area contributed by atoms with Crippen molar-refractivity contribution in [3.8, 4) is 5.75 Å². The van der Waals surface area contributed by atoms with Gasteiger partial charge < -0.3 is 10.5 Å². The normalized spacial score (nSPS) is 10.6. The van der Waals surface area contributed by atoms with Gasteiger partial charge in [0.2, 0.25) is 0 Å². The second kappa shape index (κ2) is 2.92. The quantitative estimate of drug-likeness (QED) is 0.827. The number of hydrogen-bond donors (Lipinski definition) is 1. The van der Waals surface area contributed by atoms with E-state index in [2.05, 4.69) is 21.0 Å². The molecule has 0 amide bonds. The lowest BCUT2D eigenvalue weighted by atomic mass is 10.4. The van der Waals surface area contributed by atoms with Crippen LogP contribution in [0.2, 0.25) is 0 Å². The molecule has 5 heteroatoms. The number of aromatic nitrogens is 2. The third-order valence-corrected chi connectivity index (χ3v) is 2.18. The Hall–Kier alpha value is -1.23. The Balaban J connectivity index is 2.80. The van der Waals surface area contributed by atoms with Gasteiger partial charge in [0.05, 0.1) is 7.11 Å². The van der Waals surface area contributed by atoms with Crippen LogP contribution in [0, 0.1) is 0 Å². The van der Waals surface area contributed by atoms with E-state index in [-0.39, 0.29) is 0 Å². The molecule has 2 heterocycles. The molecule has 0 bridgehead atoms. The van der Waals surface area contributed by atoms with Crippen molar-refractivity contribution in [2.45, 2.75) is 0 Å². The highest BCUT2D eigenvalue weighted by Gasteiger charge is 2.05. The third-order valence-electron chi connectivity index (χ3n) is 1.74. The Morgan fingerprint density at radius 3 is 3.00 bits per heavy atom. The standard InChI is InChI=1S/C8H8BrN3O/c1-13-7-2-5(9)4-12-6(7)3-8(10)11-12/h2-4H,1H3,(H2,10,11). The van der Waals surface area contributed by atoms with E-state index < -0.39 is 0 Å². The van der Waals surface area contributed by atoms with Gasteiger partial charge in [0.15, 0.2) is 0 Å². The van der Waals surface area contributed by atoms with Gasteiger partial charge in [-0.25, -0.2) is 4.52 Å². The zero-order valence-electron chi connectivity index (χ0n) is 6.99. The van der Waals surface area contributed by atoms with Crippen molar-refractivity contribution >= 4 is 27.3 Å². The van der Waals surface area contributed by atoms with Crippen LogP contribution < -0.4 is 10.5 Å². The Labute approximate surface area is 83.4 Å².